The molecule has 1 fully saturated rings. The van der Waals surface area contributed by atoms with E-state index in [4.69, 9.17) is 4.74 Å². The molecule has 1 aliphatic rings. The molecule has 1 heterocycles. The van der Waals surface area contributed by atoms with Crippen LogP contribution in [0.1, 0.15) is 259 Å². The lowest BCUT2D eigenvalue weighted by atomic mass is 10.0. The molecule has 0 aromatic rings. The topological polar surface area (TPSA) is 56.3 Å². The van der Waals surface area contributed by atoms with Crippen LogP contribution in [-0.4, -0.2) is 110 Å². The summed E-state index contributed by atoms with van der Waals surface area (Å²) in [4.78, 5) is 36.6. The van der Waals surface area contributed by atoms with Crippen molar-refractivity contribution in [1.29, 1.82) is 0 Å². The summed E-state index contributed by atoms with van der Waals surface area (Å²) in [5.41, 5.74) is 0. The first kappa shape index (κ1) is 58.8. The van der Waals surface area contributed by atoms with Crippen LogP contribution in [-0.2, 0) is 14.3 Å². The van der Waals surface area contributed by atoms with Crippen LogP contribution in [0.5, 0.6) is 0 Å². The Morgan fingerprint density at radius 2 is 0.806 bits per heavy atom. The molecule has 7 heteroatoms. The Morgan fingerprint density at radius 3 is 1.27 bits per heavy atom. The largest absolute Gasteiger partial charge is 0.466 e. The van der Waals surface area contributed by atoms with E-state index in [0.29, 0.717) is 31.4 Å². The number of amides is 1. The van der Waals surface area contributed by atoms with Gasteiger partial charge in [0.1, 0.15) is 0 Å². The van der Waals surface area contributed by atoms with Crippen molar-refractivity contribution in [3.8, 4) is 0 Å². The Morgan fingerprint density at radius 1 is 0.435 bits per heavy atom. The lowest BCUT2D eigenvalue weighted by Crippen LogP contribution is -2.43. The Kier molecular flexibility index (Phi) is 42.7. The quantitative estimate of drug-likeness (QED) is 0.0448. The van der Waals surface area contributed by atoms with Crippen molar-refractivity contribution in [3.63, 3.8) is 0 Å². The molecule has 0 aliphatic carbocycles. The first-order chi connectivity index (χ1) is 30.5. The van der Waals surface area contributed by atoms with Crippen molar-refractivity contribution in [1.82, 2.24) is 19.6 Å². The standard InChI is InChI=1S/C55H110N4O3/c1-6-11-16-20-24-28-32-41-56(45-37-38-55(61)62-50-36-15-10-5)46-39-53-40-47-59(51-53)54(60)52-58(44-35-31-27-23-19-14-9-4)49-48-57(42-33-29-25-21-17-12-7-2)43-34-30-26-22-18-13-8-3/h53H,6-52H2,1-5H3/t53-/m1/s1. The molecule has 0 spiro atoms. The van der Waals surface area contributed by atoms with Gasteiger partial charge < -0.3 is 19.4 Å². The van der Waals surface area contributed by atoms with Crippen LogP contribution in [0, 0.1) is 5.92 Å². The molecule has 7 nitrogen and oxygen atoms in total. The summed E-state index contributed by atoms with van der Waals surface area (Å²) in [7, 11) is 0. The molecular formula is C55H110N4O3. The number of nitrogens with zero attached hydrogens (tertiary/aromatic N) is 4. The molecule has 0 saturated carbocycles. The zero-order valence-electron chi connectivity index (χ0n) is 42.8. The minimum Gasteiger partial charge on any atom is -0.466 e. The average molecular weight is 876 g/mol. The van der Waals surface area contributed by atoms with Gasteiger partial charge in [0.2, 0.25) is 5.91 Å². The zero-order valence-corrected chi connectivity index (χ0v) is 42.8. The van der Waals surface area contributed by atoms with E-state index in [1.807, 2.05) is 0 Å². The molecule has 1 saturated heterocycles. The first-order valence-corrected chi connectivity index (χ1v) is 28.1. The molecule has 0 radical (unpaired) electrons. The van der Waals surface area contributed by atoms with E-state index in [9.17, 15) is 9.59 Å². The molecule has 1 amide bonds. The average Bonchev–Trinajstić information content (AvgIpc) is 3.76. The van der Waals surface area contributed by atoms with Crippen molar-refractivity contribution < 1.29 is 14.3 Å². The van der Waals surface area contributed by atoms with Gasteiger partial charge in [-0.3, -0.25) is 14.5 Å². The smallest absolute Gasteiger partial charge is 0.305 e. The van der Waals surface area contributed by atoms with Gasteiger partial charge in [-0.05, 0) is 96.6 Å². The molecule has 0 aromatic heterocycles. The van der Waals surface area contributed by atoms with E-state index < -0.39 is 0 Å². The number of carbonyl (C=O) groups is 2. The van der Waals surface area contributed by atoms with Crippen LogP contribution in [0.25, 0.3) is 0 Å². The van der Waals surface area contributed by atoms with Gasteiger partial charge in [-0.15, -0.1) is 0 Å². The maximum absolute atomic E-state index is 14.0. The second-order valence-corrected chi connectivity index (χ2v) is 19.8. The SMILES string of the molecule is CCCCCCCCCN(CCCC(=O)OCCCCC)CC[C@@H]1CCN(C(=O)CN(CCCCCCCCC)CCN(CCCCCCCCC)CCCCCCCCC)C1. The van der Waals surface area contributed by atoms with Crippen molar-refractivity contribution in [2.24, 2.45) is 5.92 Å². The van der Waals surface area contributed by atoms with E-state index in [1.165, 1.54) is 193 Å². The van der Waals surface area contributed by atoms with E-state index in [1.54, 1.807) is 0 Å². The second kappa shape index (κ2) is 45.0. The van der Waals surface area contributed by atoms with Gasteiger partial charge in [-0.25, -0.2) is 0 Å². The van der Waals surface area contributed by atoms with Crippen LogP contribution in [0.4, 0.5) is 0 Å². The van der Waals surface area contributed by atoms with E-state index in [-0.39, 0.29) is 5.97 Å². The lowest BCUT2D eigenvalue weighted by Gasteiger charge is -2.29. The number of esters is 1. The van der Waals surface area contributed by atoms with Crippen molar-refractivity contribution in [2.75, 3.05) is 78.6 Å². The fourth-order valence-corrected chi connectivity index (χ4v) is 9.40. The van der Waals surface area contributed by atoms with Gasteiger partial charge in [-0.2, -0.15) is 0 Å². The van der Waals surface area contributed by atoms with Gasteiger partial charge in [0, 0.05) is 32.6 Å². The Bertz CT molecular complexity index is 947. The van der Waals surface area contributed by atoms with Crippen LogP contribution in [0.2, 0.25) is 0 Å². The summed E-state index contributed by atoms with van der Waals surface area (Å²) in [6, 6.07) is 0. The van der Waals surface area contributed by atoms with Crippen molar-refractivity contribution in [3.05, 3.63) is 0 Å². The number of likely N-dealkylation sites (tertiary alicyclic amines) is 1. The second-order valence-electron chi connectivity index (χ2n) is 19.8. The van der Waals surface area contributed by atoms with Crippen LogP contribution >= 0.6 is 0 Å². The van der Waals surface area contributed by atoms with Crippen molar-refractivity contribution >= 4 is 11.9 Å². The van der Waals surface area contributed by atoms with Gasteiger partial charge in [-0.1, -0.05) is 202 Å². The number of rotatable bonds is 48. The summed E-state index contributed by atoms with van der Waals surface area (Å²) in [5, 5.41) is 0. The molecule has 368 valence electrons. The predicted octanol–water partition coefficient (Wildman–Crippen LogP) is 14.6. The van der Waals surface area contributed by atoms with Crippen LogP contribution in [0.3, 0.4) is 0 Å². The fraction of sp³-hybridized carbons (Fsp3) is 0.964. The fourth-order valence-electron chi connectivity index (χ4n) is 9.40. The van der Waals surface area contributed by atoms with Crippen molar-refractivity contribution in [2.45, 2.75) is 259 Å². The molecule has 0 N–H and O–H groups in total. The molecule has 1 rings (SSSR count). The molecule has 1 aliphatic heterocycles. The third kappa shape index (κ3) is 36.1. The van der Waals surface area contributed by atoms with E-state index in [2.05, 4.69) is 54.2 Å². The number of hydrogen-bond donors (Lipinski definition) is 0. The third-order valence-electron chi connectivity index (χ3n) is 13.8. The minimum absolute atomic E-state index is 0.0306. The third-order valence-corrected chi connectivity index (χ3v) is 13.8. The first-order valence-electron chi connectivity index (χ1n) is 28.1. The minimum atomic E-state index is -0.0306. The van der Waals surface area contributed by atoms with Crippen LogP contribution < -0.4 is 0 Å². The van der Waals surface area contributed by atoms with Gasteiger partial charge in [0.05, 0.1) is 13.2 Å². The summed E-state index contributed by atoms with van der Waals surface area (Å²) in [5.74, 6) is 0.908. The van der Waals surface area contributed by atoms with Gasteiger partial charge in [0.25, 0.3) is 0 Å². The molecule has 0 bridgehead atoms. The highest BCUT2D eigenvalue weighted by molar-refractivity contribution is 5.78. The highest BCUT2D eigenvalue weighted by atomic mass is 16.5. The highest BCUT2D eigenvalue weighted by Gasteiger charge is 2.27. The summed E-state index contributed by atoms with van der Waals surface area (Å²) < 4.78 is 5.51. The molecule has 0 aromatic carbocycles. The highest BCUT2D eigenvalue weighted by Crippen LogP contribution is 2.21. The number of carbonyl (C=O) groups excluding carboxylic acids is 2. The Hall–Kier alpha value is -1.18. The predicted molar refractivity (Wildman–Crippen MR) is 270 cm³/mol. The summed E-state index contributed by atoms with van der Waals surface area (Å²) in [6.45, 7) is 23.2. The molecule has 62 heavy (non-hydrogen) atoms. The Balaban J connectivity index is 2.77. The maximum Gasteiger partial charge on any atom is 0.305 e. The normalized spacial score (nSPS) is 14.3. The Labute approximate surface area is 388 Å². The zero-order chi connectivity index (χ0) is 45.0. The van der Waals surface area contributed by atoms with Gasteiger partial charge in [0.15, 0.2) is 0 Å². The van der Waals surface area contributed by atoms with E-state index >= 15 is 0 Å². The number of unbranched alkanes of at least 4 members (excludes halogenated alkanes) is 26. The lowest BCUT2D eigenvalue weighted by molar-refractivity contribution is -0.144. The monoisotopic (exact) mass is 875 g/mol. The number of hydrogen-bond acceptors (Lipinski definition) is 6. The molecule has 1 atom stereocenters. The van der Waals surface area contributed by atoms with Gasteiger partial charge >= 0.3 is 5.97 Å². The number of ether oxygens (including phenoxy) is 1. The molecular weight excluding hydrogens is 765 g/mol. The summed E-state index contributed by atoms with van der Waals surface area (Å²) >= 11 is 0. The van der Waals surface area contributed by atoms with E-state index in [0.717, 1.165) is 90.9 Å². The van der Waals surface area contributed by atoms with Crippen LogP contribution in [0.15, 0.2) is 0 Å². The maximum atomic E-state index is 14.0. The summed E-state index contributed by atoms with van der Waals surface area (Å²) in [6.07, 6.45) is 44.5. The molecule has 0 unspecified atom stereocenters.